The molecule has 1 aliphatic rings. The first-order valence-electron chi connectivity index (χ1n) is 5.43. The normalized spacial score (nSPS) is 15.3. The standard InChI is InChI=1S/C11H15NO3/c1-3-8-9(11(13)14-4-2)15-10(12-8)7-5-6-7/h7H,3-6H2,1-2H3. The molecule has 1 aromatic heterocycles. The van der Waals surface area contributed by atoms with Crippen molar-refractivity contribution in [2.75, 3.05) is 6.61 Å². The van der Waals surface area contributed by atoms with Crippen LogP contribution in [0.5, 0.6) is 0 Å². The molecule has 1 aromatic rings. The van der Waals surface area contributed by atoms with Gasteiger partial charge in [0.1, 0.15) is 0 Å². The molecular weight excluding hydrogens is 194 g/mol. The fourth-order valence-electron chi connectivity index (χ4n) is 1.47. The molecule has 0 radical (unpaired) electrons. The molecule has 15 heavy (non-hydrogen) atoms. The van der Waals surface area contributed by atoms with Crippen molar-refractivity contribution >= 4 is 5.97 Å². The molecule has 4 heteroatoms. The van der Waals surface area contributed by atoms with Crippen molar-refractivity contribution in [1.29, 1.82) is 0 Å². The summed E-state index contributed by atoms with van der Waals surface area (Å²) < 4.78 is 10.4. The van der Waals surface area contributed by atoms with E-state index in [0.717, 1.165) is 18.5 Å². The molecule has 0 N–H and O–H groups in total. The van der Waals surface area contributed by atoms with Crippen LogP contribution < -0.4 is 0 Å². The summed E-state index contributed by atoms with van der Waals surface area (Å²) in [7, 11) is 0. The Morgan fingerprint density at radius 3 is 2.80 bits per heavy atom. The zero-order valence-electron chi connectivity index (χ0n) is 9.08. The van der Waals surface area contributed by atoms with Crippen molar-refractivity contribution in [3.63, 3.8) is 0 Å². The number of carbonyl (C=O) groups is 1. The minimum Gasteiger partial charge on any atom is -0.460 e. The number of esters is 1. The van der Waals surface area contributed by atoms with Crippen molar-refractivity contribution in [3.05, 3.63) is 17.3 Å². The van der Waals surface area contributed by atoms with Crippen LogP contribution in [0.2, 0.25) is 0 Å². The molecule has 1 saturated carbocycles. The molecule has 4 nitrogen and oxygen atoms in total. The van der Waals surface area contributed by atoms with E-state index in [2.05, 4.69) is 4.98 Å². The van der Waals surface area contributed by atoms with Gasteiger partial charge in [0, 0.05) is 5.92 Å². The van der Waals surface area contributed by atoms with Crippen LogP contribution in [0.25, 0.3) is 0 Å². The number of rotatable bonds is 4. The molecule has 0 saturated heterocycles. The van der Waals surface area contributed by atoms with E-state index in [0.29, 0.717) is 30.6 Å². The second-order valence-corrected chi connectivity index (χ2v) is 3.68. The fourth-order valence-corrected chi connectivity index (χ4v) is 1.47. The van der Waals surface area contributed by atoms with E-state index in [9.17, 15) is 4.79 Å². The molecule has 1 heterocycles. The second kappa shape index (κ2) is 4.04. The van der Waals surface area contributed by atoms with Crippen LogP contribution in [0.15, 0.2) is 4.42 Å². The third-order valence-corrected chi connectivity index (χ3v) is 2.44. The lowest BCUT2D eigenvalue weighted by atomic mass is 10.3. The maximum atomic E-state index is 11.5. The Labute approximate surface area is 88.6 Å². The summed E-state index contributed by atoms with van der Waals surface area (Å²) in [6, 6.07) is 0. The largest absolute Gasteiger partial charge is 0.460 e. The zero-order chi connectivity index (χ0) is 10.8. The minimum absolute atomic E-state index is 0.293. The summed E-state index contributed by atoms with van der Waals surface area (Å²) >= 11 is 0. The zero-order valence-corrected chi connectivity index (χ0v) is 9.08. The Kier molecular flexibility index (Phi) is 2.75. The lowest BCUT2D eigenvalue weighted by Crippen LogP contribution is -2.05. The summed E-state index contributed by atoms with van der Waals surface area (Å²) in [5, 5.41) is 0. The SMILES string of the molecule is CCOC(=O)c1oc(C2CC2)nc1CC. The highest BCUT2D eigenvalue weighted by molar-refractivity contribution is 5.87. The minimum atomic E-state index is -0.395. The molecule has 0 aromatic carbocycles. The van der Waals surface area contributed by atoms with Gasteiger partial charge in [-0.25, -0.2) is 9.78 Å². The van der Waals surface area contributed by atoms with Gasteiger partial charge in [0.2, 0.25) is 5.76 Å². The van der Waals surface area contributed by atoms with E-state index >= 15 is 0 Å². The van der Waals surface area contributed by atoms with Gasteiger partial charge in [0.05, 0.1) is 12.3 Å². The van der Waals surface area contributed by atoms with Gasteiger partial charge in [-0.15, -0.1) is 0 Å². The predicted octanol–water partition coefficient (Wildman–Crippen LogP) is 2.29. The molecule has 1 fully saturated rings. The van der Waals surface area contributed by atoms with E-state index in [4.69, 9.17) is 9.15 Å². The summed E-state index contributed by atoms with van der Waals surface area (Å²) in [5.74, 6) is 1.03. The van der Waals surface area contributed by atoms with Crippen molar-refractivity contribution in [2.45, 2.75) is 39.0 Å². The molecule has 1 aliphatic carbocycles. The quantitative estimate of drug-likeness (QED) is 0.714. The highest BCUT2D eigenvalue weighted by Gasteiger charge is 2.31. The Morgan fingerprint density at radius 2 is 2.27 bits per heavy atom. The maximum absolute atomic E-state index is 11.5. The first-order valence-corrected chi connectivity index (χ1v) is 5.43. The average molecular weight is 209 g/mol. The Bertz CT molecular complexity index is 366. The molecule has 82 valence electrons. The lowest BCUT2D eigenvalue weighted by molar-refractivity contribution is 0.0486. The summed E-state index contributed by atoms with van der Waals surface area (Å²) in [6.45, 7) is 4.10. The number of hydrogen-bond acceptors (Lipinski definition) is 4. The van der Waals surface area contributed by atoms with Gasteiger partial charge in [0.15, 0.2) is 5.89 Å². The topological polar surface area (TPSA) is 52.3 Å². The summed E-state index contributed by atoms with van der Waals surface area (Å²) in [4.78, 5) is 15.9. The number of nitrogens with zero attached hydrogens (tertiary/aromatic N) is 1. The van der Waals surface area contributed by atoms with Crippen molar-refractivity contribution in [1.82, 2.24) is 4.98 Å². The monoisotopic (exact) mass is 209 g/mol. The van der Waals surface area contributed by atoms with Crippen LogP contribution in [0, 0.1) is 0 Å². The number of aromatic nitrogens is 1. The van der Waals surface area contributed by atoms with Crippen molar-refractivity contribution in [2.24, 2.45) is 0 Å². The number of aryl methyl sites for hydroxylation is 1. The summed E-state index contributed by atoms with van der Waals surface area (Å²) in [5.41, 5.74) is 0.718. The van der Waals surface area contributed by atoms with Crippen LogP contribution in [0.3, 0.4) is 0 Å². The van der Waals surface area contributed by atoms with Gasteiger partial charge in [0.25, 0.3) is 0 Å². The van der Waals surface area contributed by atoms with Crippen LogP contribution >= 0.6 is 0 Å². The molecule has 0 aliphatic heterocycles. The highest BCUT2D eigenvalue weighted by Crippen LogP contribution is 2.40. The van der Waals surface area contributed by atoms with Crippen LogP contribution in [0.4, 0.5) is 0 Å². The van der Waals surface area contributed by atoms with Gasteiger partial charge in [-0.3, -0.25) is 0 Å². The van der Waals surface area contributed by atoms with Crippen LogP contribution in [0.1, 0.15) is 54.7 Å². The van der Waals surface area contributed by atoms with E-state index in [-0.39, 0.29) is 0 Å². The van der Waals surface area contributed by atoms with Gasteiger partial charge in [-0.1, -0.05) is 6.92 Å². The third-order valence-electron chi connectivity index (χ3n) is 2.44. The molecule has 2 rings (SSSR count). The van der Waals surface area contributed by atoms with Gasteiger partial charge < -0.3 is 9.15 Å². The first kappa shape index (κ1) is 10.2. The number of oxazole rings is 1. The molecule has 0 atom stereocenters. The van der Waals surface area contributed by atoms with Gasteiger partial charge in [-0.2, -0.15) is 0 Å². The lowest BCUT2D eigenvalue weighted by Gasteiger charge is -1.98. The molecule has 0 amide bonds. The molecule has 0 unspecified atom stereocenters. The first-order chi connectivity index (χ1) is 7.26. The molecular formula is C11H15NO3. The van der Waals surface area contributed by atoms with Gasteiger partial charge >= 0.3 is 5.97 Å². The van der Waals surface area contributed by atoms with Crippen molar-refractivity contribution < 1.29 is 13.9 Å². The van der Waals surface area contributed by atoms with Crippen molar-refractivity contribution in [3.8, 4) is 0 Å². The Hall–Kier alpha value is -1.32. The Balaban J connectivity index is 2.23. The molecule has 0 spiro atoms. The van der Waals surface area contributed by atoms with Gasteiger partial charge in [-0.05, 0) is 26.2 Å². The highest BCUT2D eigenvalue weighted by atomic mass is 16.5. The predicted molar refractivity (Wildman–Crippen MR) is 53.8 cm³/mol. The second-order valence-electron chi connectivity index (χ2n) is 3.68. The van der Waals surface area contributed by atoms with E-state index in [1.54, 1.807) is 6.92 Å². The Morgan fingerprint density at radius 1 is 1.53 bits per heavy atom. The maximum Gasteiger partial charge on any atom is 0.376 e. The smallest absolute Gasteiger partial charge is 0.376 e. The van der Waals surface area contributed by atoms with E-state index < -0.39 is 5.97 Å². The number of carbonyl (C=O) groups excluding carboxylic acids is 1. The van der Waals surface area contributed by atoms with E-state index in [1.165, 1.54) is 0 Å². The summed E-state index contributed by atoms with van der Waals surface area (Å²) in [6.07, 6.45) is 2.93. The third kappa shape index (κ3) is 2.03. The molecule has 0 bridgehead atoms. The van der Waals surface area contributed by atoms with E-state index in [1.807, 2.05) is 6.92 Å². The van der Waals surface area contributed by atoms with Crippen LogP contribution in [-0.4, -0.2) is 17.6 Å². The number of ether oxygens (including phenoxy) is 1. The van der Waals surface area contributed by atoms with Crippen LogP contribution in [-0.2, 0) is 11.2 Å². The number of hydrogen-bond donors (Lipinski definition) is 0. The average Bonchev–Trinajstić information content (AvgIpc) is 2.98. The fraction of sp³-hybridized carbons (Fsp3) is 0.636.